The number of hydrogen-bond donors (Lipinski definition) is 2. The molecule has 0 saturated heterocycles. The molecule has 0 aliphatic heterocycles. The van der Waals surface area contributed by atoms with Gasteiger partial charge in [0.05, 0.1) is 26.5 Å². The third kappa shape index (κ3) is 4.78. The summed E-state index contributed by atoms with van der Waals surface area (Å²) in [7, 11) is 3.10. The Bertz CT molecular complexity index is 936. The number of carbonyl (C=O) groups is 1. The van der Waals surface area contributed by atoms with Gasteiger partial charge in [0, 0.05) is 18.3 Å². The smallest absolute Gasteiger partial charge is 0.325 e. The Morgan fingerprint density at radius 3 is 2.67 bits per heavy atom. The maximum absolute atomic E-state index is 12.3. The van der Waals surface area contributed by atoms with Crippen LogP contribution in [0.3, 0.4) is 0 Å². The zero-order chi connectivity index (χ0) is 19.2. The van der Waals surface area contributed by atoms with E-state index in [-0.39, 0.29) is 0 Å². The number of anilines is 2. The summed E-state index contributed by atoms with van der Waals surface area (Å²) in [6, 6.07) is 14.7. The molecule has 0 aliphatic carbocycles. The lowest BCUT2D eigenvalue weighted by Gasteiger charge is -2.11. The van der Waals surface area contributed by atoms with Crippen molar-refractivity contribution >= 4 is 17.5 Å². The van der Waals surface area contributed by atoms with E-state index in [1.165, 1.54) is 12.7 Å². The molecule has 27 heavy (non-hydrogen) atoms. The molecule has 3 rings (SSSR count). The minimum Gasteiger partial charge on any atom is -0.497 e. The Morgan fingerprint density at radius 1 is 1.07 bits per heavy atom. The topological polar surface area (TPSA) is 77.4 Å². The molecule has 1 aromatic heterocycles. The Hall–Kier alpha value is -3.48. The van der Waals surface area contributed by atoms with Gasteiger partial charge in [0.1, 0.15) is 11.5 Å². The van der Waals surface area contributed by atoms with Crippen LogP contribution >= 0.6 is 0 Å². The number of nitrogens with zero attached hydrogens (tertiary/aromatic N) is 2. The monoisotopic (exact) mass is 366 g/mol. The zero-order valence-corrected chi connectivity index (χ0v) is 15.5. The summed E-state index contributed by atoms with van der Waals surface area (Å²) >= 11 is 0. The molecule has 0 saturated carbocycles. The van der Waals surface area contributed by atoms with Crippen LogP contribution in [0.4, 0.5) is 16.3 Å². The van der Waals surface area contributed by atoms with E-state index in [0.717, 1.165) is 5.56 Å². The summed E-state index contributed by atoms with van der Waals surface area (Å²) in [5, 5.41) is 9.85. The number of rotatable bonds is 6. The van der Waals surface area contributed by atoms with E-state index in [2.05, 4.69) is 34.8 Å². The standard InChI is InChI=1S/C20H22N4O3/c1-14-5-4-6-15(11-14)13-24-10-9-19(23-24)22-20(25)21-17-12-16(26-2)7-8-18(17)27-3/h4-12H,13H2,1-3H3,(H2,21,22,23,25). The van der Waals surface area contributed by atoms with Gasteiger partial charge in [-0.05, 0) is 24.6 Å². The summed E-state index contributed by atoms with van der Waals surface area (Å²) in [6.45, 7) is 2.69. The van der Waals surface area contributed by atoms with Gasteiger partial charge in [0.15, 0.2) is 5.82 Å². The highest BCUT2D eigenvalue weighted by Gasteiger charge is 2.10. The number of aryl methyl sites for hydroxylation is 1. The Kier molecular flexibility index (Phi) is 5.61. The number of benzene rings is 2. The molecule has 0 aliphatic rings. The SMILES string of the molecule is COc1ccc(OC)c(NC(=O)Nc2ccn(Cc3cccc(C)c3)n2)c1. The first-order valence-corrected chi connectivity index (χ1v) is 8.46. The van der Waals surface area contributed by atoms with Gasteiger partial charge in [-0.15, -0.1) is 0 Å². The average Bonchev–Trinajstić information content (AvgIpc) is 3.08. The molecule has 0 unspecified atom stereocenters. The van der Waals surface area contributed by atoms with Gasteiger partial charge in [-0.3, -0.25) is 10.00 Å². The highest BCUT2D eigenvalue weighted by molar-refractivity contribution is 6.00. The van der Waals surface area contributed by atoms with Crippen LogP contribution in [-0.4, -0.2) is 30.0 Å². The molecule has 0 spiro atoms. The second kappa shape index (κ2) is 8.27. The van der Waals surface area contributed by atoms with Crippen molar-refractivity contribution in [1.82, 2.24) is 9.78 Å². The molecule has 7 nitrogen and oxygen atoms in total. The van der Waals surface area contributed by atoms with Gasteiger partial charge in [-0.2, -0.15) is 5.10 Å². The molecule has 0 radical (unpaired) electrons. The van der Waals surface area contributed by atoms with Crippen LogP contribution in [0, 0.1) is 6.92 Å². The number of carbonyl (C=O) groups excluding carboxylic acids is 1. The summed E-state index contributed by atoms with van der Waals surface area (Å²) in [4.78, 5) is 12.3. The number of urea groups is 1. The van der Waals surface area contributed by atoms with Gasteiger partial charge < -0.3 is 14.8 Å². The molecule has 140 valence electrons. The van der Waals surface area contributed by atoms with Crippen molar-refractivity contribution in [2.24, 2.45) is 0 Å². The summed E-state index contributed by atoms with van der Waals surface area (Å²) in [5.41, 5.74) is 2.85. The van der Waals surface area contributed by atoms with E-state index in [9.17, 15) is 4.79 Å². The fourth-order valence-corrected chi connectivity index (χ4v) is 2.70. The molecule has 2 amide bonds. The predicted molar refractivity (Wildman–Crippen MR) is 105 cm³/mol. The molecule has 7 heteroatoms. The second-order valence-electron chi connectivity index (χ2n) is 6.03. The van der Waals surface area contributed by atoms with E-state index in [1.807, 2.05) is 18.3 Å². The van der Waals surface area contributed by atoms with Gasteiger partial charge in [-0.1, -0.05) is 29.8 Å². The Labute approximate surface area is 157 Å². The predicted octanol–water partition coefficient (Wildman–Crippen LogP) is 3.90. The summed E-state index contributed by atoms with van der Waals surface area (Å²) in [5.74, 6) is 1.62. The van der Waals surface area contributed by atoms with Crippen LogP contribution in [0.15, 0.2) is 54.7 Å². The van der Waals surface area contributed by atoms with E-state index >= 15 is 0 Å². The quantitative estimate of drug-likeness (QED) is 0.694. The largest absolute Gasteiger partial charge is 0.497 e. The van der Waals surface area contributed by atoms with E-state index in [0.29, 0.717) is 29.5 Å². The van der Waals surface area contributed by atoms with E-state index < -0.39 is 6.03 Å². The Morgan fingerprint density at radius 2 is 1.93 bits per heavy atom. The average molecular weight is 366 g/mol. The Balaban J connectivity index is 1.64. The highest BCUT2D eigenvalue weighted by atomic mass is 16.5. The third-order valence-electron chi connectivity index (χ3n) is 3.96. The number of nitrogens with one attached hydrogen (secondary N) is 2. The fraction of sp³-hybridized carbons (Fsp3) is 0.200. The molecule has 0 bridgehead atoms. The van der Waals surface area contributed by atoms with Crippen LogP contribution in [-0.2, 0) is 6.54 Å². The molecule has 3 aromatic rings. The lowest BCUT2D eigenvalue weighted by Crippen LogP contribution is -2.20. The van der Waals surface area contributed by atoms with Gasteiger partial charge in [0.2, 0.25) is 0 Å². The lowest BCUT2D eigenvalue weighted by atomic mass is 10.1. The van der Waals surface area contributed by atoms with Crippen molar-refractivity contribution in [1.29, 1.82) is 0 Å². The minimum atomic E-state index is -0.414. The van der Waals surface area contributed by atoms with Crippen molar-refractivity contribution in [3.05, 3.63) is 65.9 Å². The van der Waals surface area contributed by atoms with Crippen LogP contribution in [0.5, 0.6) is 11.5 Å². The van der Waals surface area contributed by atoms with Crippen molar-refractivity contribution in [2.45, 2.75) is 13.5 Å². The summed E-state index contributed by atoms with van der Waals surface area (Å²) in [6.07, 6.45) is 1.82. The van der Waals surface area contributed by atoms with E-state index in [4.69, 9.17) is 9.47 Å². The maximum Gasteiger partial charge on any atom is 0.325 e. The molecule has 2 aromatic carbocycles. The number of amides is 2. The van der Waals surface area contributed by atoms with Gasteiger partial charge in [0.25, 0.3) is 0 Å². The van der Waals surface area contributed by atoms with Crippen molar-refractivity contribution < 1.29 is 14.3 Å². The fourth-order valence-electron chi connectivity index (χ4n) is 2.70. The molecule has 2 N–H and O–H groups in total. The molecular formula is C20H22N4O3. The van der Waals surface area contributed by atoms with Crippen molar-refractivity contribution in [3.63, 3.8) is 0 Å². The highest BCUT2D eigenvalue weighted by Crippen LogP contribution is 2.28. The number of aromatic nitrogens is 2. The molecule has 0 atom stereocenters. The number of methoxy groups -OCH3 is 2. The van der Waals surface area contributed by atoms with Crippen LogP contribution < -0.4 is 20.1 Å². The van der Waals surface area contributed by atoms with Crippen LogP contribution in [0.2, 0.25) is 0 Å². The first-order chi connectivity index (χ1) is 13.1. The van der Waals surface area contributed by atoms with Crippen molar-refractivity contribution in [3.8, 4) is 11.5 Å². The first-order valence-electron chi connectivity index (χ1n) is 8.46. The normalized spacial score (nSPS) is 10.3. The van der Waals surface area contributed by atoms with E-state index in [1.54, 1.807) is 36.1 Å². The third-order valence-corrected chi connectivity index (χ3v) is 3.96. The van der Waals surface area contributed by atoms with Crippen LogP contribution in [0.25, 0.3) is 0 Å². The van der Waals surface area contributed by atoms with Gasteiger partial charge in [-0.25, -0.2) is 4.79 Å². The minimum absolute atomic E-state index is 0.414. The van der Waals surface area contributed by atoms with Gasteiger partial charge >= 0.3 is 6.03 Å². The molecule has 0 fully saturated rings. The molecular weight excluding hydrogens is 344 g/mol. The number of ether oxygens (including phenoxy) is 2. The first kappa shape index (κ1) is 18.3. The number of hydrogen-bond acceptors (Lipinski definition) is 4. The lowest BCUT2D eigenvalue weighted by molar-refractivity contribution is 0.262. The summed E-state index contributed by atoms with van der Waals surface area (Å²) < 4.78 is 12.2. The second-order valence-corrected chi connectivity index (χ2v) is 6.03. The maximum atomic E-state index is 12.3. The molecule has 1 heterocycles. The zero-order valence-electron chi connectivity index (χ0n) is 15.5. The van der Waals surface area contributed by atoms with Crippen molar-refractivity contribution in [2.75, 3.05) is 24.9 Å². The van der Waals surface area contributed by atoms with Crippen LogP contribution in [0.1, 0.15) is 11.1 Å².